The monoisotopic (exact) mass is 602 g/mol. The molecule has 45 heavy (non-hydrogen) atoms. The van der Waals surface area contributed by atoms with Crippen LogP contribution in [0.15, 0.2) is 103 Å². The number of allylic oxidation sites excluding steroid dienone is 1. The summed E-state index contributed by atoms with van der Waals surface area (Å²) in [6.45, 7) is 12.4. The van der Waals surface area contributed by atoms with Crippen molar-refractivity contribution in [3.05, 3.63) is 119 Å². The number of aryl methyl sites for hydroxylation is 1. The number of nitrogens with zero attached hydrogens (tertiary/aromatic N) is 2. The largest absolute Gasteiger partial charge is 0.311 e. The summed E-state index contributed by atoms with van der Waals surface area (Å²) < 4.78 is 1.49. The van der Waals surface area contributed by atoms with Gasteiger partial charge in [-0.25, -0.2) is 0 Å². The maximum atomic E-state index is 2.66. The van der Waals surface area contributed by atoms with Crippen LogP contribution >= 0.6 is 11.3 Å². The van der Waals surface area contributed by atoms with Gasteiger partial charge >= 0.3 is 0 Å². The molecule has 1 atom stereocenters. The highest BCUT2D eigenvalue weighted by Gasteiger charge is 2.49. The highest BCUT2D eigenvalue weighted by molar-refractivity contribution is 7.29. The van der Waals surface area contributed by atoms with Gasteiger partial charge in [0.1, 0.15) is 0 Å². The van der Waals surface area contributed by atoms with Gasteiger partial charge in [0, 0.05) is 43.7 Å². The van der Waals surface area contributed by atoms with Crippen molar-refractivity contribution in [3.8, 4) is 0 Å². The summed E-state index contributed by atoms with van der Waals surface area (Å²) in [7, 11) is 0. The van der Waals surface area contributed by atoms with Crippen LogP contribution in [0.3, 0.4) is 0 Å². The van der Waals surface area contributed by atoms with Gasteiger partial charge in [-0.15, -0.1) is 0 Å². The second-order valence-corrected chi connectivity index (χ2v) is 16.1. The molecular formula is C41H39BN2S. The van der Waals surface area contributed by atoms with Gasteiger partial charge in [0.05, 0.1) is 5.69 Å². The van der Waals surface area contributed by atoms with E-state index in [1.54, 1.807) is 10.5 Å². The maximum Gasteiger partial charge on any atom is 0.264 e. The predicted molar refractivity (Wildman–Crippen MR) is 195 cm³/mol. The van der Waals surface area contributed by atoms with Crippen LogP contribution in [0.5, 0.6) is 0 Å². The van der Waals surface area contributed by atoms with E-state index < -0.39 is 0 Å². The lowest BCUT2D eigenvalue weighted by Crippen LogP contribution is -2.60. The van der Waals surface area contributed by atoms with Gasteiger partial charge in [-0.05, 0) is 102 Å². The van der Waals surface area contributed by atoms with Crippen molar-refractivity contribution in [2.24, 2.45) is 16.7 Å². The van der Waals surface area contributed by atoms with Crippen LogP contribution in [0.1, 0.15) is 56.5 Å². The molecule has 0 bridgehead atoms. The molecule has 2 nitrogen and oxygen atoms in total. The summed E-state index contributed by atoms with van der Waals surface area (Å²) in [4.78, 5) is 6.68. The Balaban J connectivity index is 1.37. The molecule has 3 heterocycles. The smallest absolute Gasteiger partial charge is 0.264 e. The molecule has 5 aromatic rings. The molecule has 0 N–H and O–H groups in total. The van der Waals surface area contributed by atoms with E-state index in [2.05, 4.69) is 159 Å². The van der Waals surface area contributed by atoms with Crippen molar-refractivity contribution < 1.29 is 0 Å². The molecule has 2 aliphatic carbocycles. The predicted octanol–water partition coefficient (Wildman–Crippen LogP) is 9.54. The van der Waals surface area contributed by atoms with Crippen molar-refractivity contribution >= 4 is 74.0 Å². The van der Waals surface area contributed by atoms with E-state index in [0.717, 1.165) is 6.42 Å². The number of anilines is 6. The SMILES string of the molecule is Cc1cc2c3c(c1)N(c1ccccc1)c1c(sc4c1C=C1C(C4)C(C)(C)CCC1(C)C)B3c1ccccc1N2c1ccccc1. The van der Waals surface area contributed by atoms with Crippen molar-refractivity contribution in [3.63, 3.8) is 0 Å². The number of fused-ring (bicyclic) bond motifs is 7. The van der Waals surface area contributed by atoms with E-state index in [4.69, 9.17) is 0 Å². The first kappa shape index (κ1) is 27.3. The summed E-state index contributed by atoms with van der Waals surface area (Å²) >= 11 is 2.09. The van der Waals surface area contributed by atoms with Crippen molar-refractivity contribution in [1.82, 2.24) is 0 Å². The Kier molecular flexibility index (Phi) is 5.76. The van der Waals surface area contributed by atoms with Crippen molar-refractivity contribution in [2.75, 3.05) is 9.80 Å². The zero-order valence-electron chi connectivity index (χ0n) is 26.9. The Bertz CT molecular complexity index is 2020. The highest BCUT2D eigenvalue weighted by atomic mass is 32.1. The van der Waals surface area contributed by atoms with Crippen LogP contribution in [0.25, 0.3) is 6.08 Å². The Labute approximate surface area is 272 Å². The summed E-state index contributed by atoms with van der Waals surface area (Å²) in [6.07, 6.45) is 6.34. The van der Waals surface area contributed by atoms with Crippen LogP contribution in [-0.2, 0) is 6.42 Å². The number of para-hydroxylation sites is 3. The van der Waals surface area contributed by atoms with Gasteiger partial charge in [0.25, 0.3) is 6.71 Å². The fourth-order valence-electron chi connectivity index (χ4n) is 8.84. The first-order valence-electron chi connectivity index (χ1n) is 16.5. The normalized spacial score (nSPS) is 20.0. The zero-order valence-corrected chi connectivity index (χ0v) is 27.7. The van der Waals surface area contributed by atoms with Gasteiger partial charge in [-0.1, -0.05) is 93.9 Å². The average molecular weight is 603 g/mol. The Morgan fingerprint density at radius 3 is 2.07 bits per heavy atom. The Morgan fingerprint density at radius 2 is 1.36 bits per heavy atom. The molecule has 9 rings (SSSR count). The summed E-state index contributed by atoms with van der Waals surface area (Å²) in [6, 6.07) is 36.0. The summed E-state index contributed by atoms with van der Waals surface area (Å²) in [5.74, 6) is 0.589. The van der Waals surface area contributed by atoms with Crippen LogP contribution in [0.4, 0.5) is 34.1 Å². The lowest BCUT2D eigenvalue weighted by molar-refractivity contribution is 0.124. The Morgan fingerprint density at radius 1 is 0.733 bits per heavy atom. The molecule has 4 aromatic carbocycles. The number of hydrogen-bond donors (Lipinski definition) is 0. The van der Waals surface area contributed by atoms with Crippen molar-refractivity contribution in [2.45, 2.75) is 53.9 Å². The third kappa shape index (κ3) is 3.88. The molecule has 0 saturated heterocycles. The Hall–Kier alpha value is -4.02. The summed E-state index contributed by atoms with van der Waals surface area (Å²) in [5, 5.41) is 0. The lowest BCUT2D eigenvalue weighted by atomic mass is 9.36. The second-order valence-electron chi connectivity index (χ2n) is 14.9. The third-order valence-electron chi connectivity index (χ3n) is 11.3. The molecule has 1 fully saturated rings. The summed E-state index contributed by atoms with van der Waals surface area (Å²) in [5.41, 5.74) is 15.5. The number of benzene rings is 4. The zero-order chi connectivity index (χ0) is 30.7. The quantitative estimate of drug-likeness (QED) is 0.182. The molecule has 1 saturated carbocycles. The van der Waals surface area contributed by atoms with Crippen LogP contribution in [-0.4, -0.2) is 6.71 Å². The minimum Gasteiger partial charge on any atom is -0.311 e. The fourth-order valence-corrected chi connectivity index (χ4v) is 10.3. The van der Waals surface area contributed by atoms with E-state index >= 15 is 0 Å². The number of thiophene rings is 1. The molecule has 222 valence electrons. The van der Waals surface area contributed by atoms with Gasteiger partial charge in [0.2, 0.25) is 0 Å². The van der Waals surface area contributed by atoms with Crippen LogP contribution < -0.4 is 25.5 Å². The van der Waals surface area contributed by atoms with E-state index in [-0.39, 0.29) is 12.1 Å². The minimum absolute atomic E-state index is 0.193. The van der Waals surface area contributed by atoms with Crippen LogP contribution in [0.2, 0.25) is 0 Å². The van der Waals surface area contributed by atoms with Gasteiger partial charge in [-0.2, -0.15) is 11.3 Å². The molecule has 4 heteroatoms. The molecule has 2 aliphatic heterocycles. The maximum absolute atomic E-state index is 2.66. The number of rotatable bonds is 2. The molecule has 0 radical (unpaired) electrons. The van der Waals surface area contributed by atoms with E-state index in [1.807, 2.05) is 0 Å². The average Bonchev–Trinajstić information content (AvgIpc) is 3.41. The molecule has 1 unspecified atom stereocenters. The van der Waals surface area contributed by atoms with E-state index in [9.17, 15) is 0 Å². The van der Waals surface area contributed by atoms with Gasteiger partial charge in [0.15, 0.2) is 0 Å². The molecule has 0 spiro atoms. The molecular weight excluding hydrogens is 563 g/mol. The number of hydrogen-bond acceptors (Lipinski definition) is 3. The van der Waals surface area contributed by atoms with Crippen molar-refractivity contribution in [1.29, 1.82) is 0 Å². The van der Waals surface area contributed by atoms with Gasteiger partial charge < -0.3 is 9.80 Å². The minimum atomic E-state index is 0.193. The first-order chi connectivity index (χ1) is 21.7. The first-order valence-corrected chi connectivity index (χ1v) is 17.4. The van der Waals surface area contributed by atoms with Crippen LogP contribution in [0, 0.1) is 23.7 Å². The highest BCUT2D eigenvalue weighted by Crippen LogP contribution is 2.58. The van der Waals surface area contributed by atoms with E-state index in [1.165, 1.54) is 73.8 Å². The molecule has 1 aromatic heterocycles. The second kappa shape index (κ2) is 9.50. The lowest BCUT2D eigenvalue weighted by Gasteiger charge is -2.50. The topological polar surface area (TPSA) is 6.48 Å². The van der Waals surface area contributed by atoms with E-state index in [0.29, 0.717) is 11.3 Å². The standard InChI is InChI=1S/C41H39BN2S/c1-26-22-34-37-35(23-26)44(28-16-10-7-11-17-28)38-29-24-30-31(41(4,5)21-20-40(30,2)3)25-36(29)45-39(38)42(37)32-18-12-13-19-33(32)43(34)27-14-8-6-9-15-27/h6-19,22-24,31H,20-21,25H2,1-5H3. The molecule has 4 aliphatic rings. The fraction of sp³-hybridized carbons (Fsp3) is 0.268. The molecule has 0 amide bonds. The third-order valence-corrected chi connectivity index (χ3v) is 12.5. The van der Waals surface area contributed by atoms with Gasteiger partial charge in [-0.3, -0.25) is 0 Å².